The van der Waals surface area contributed by atoms with Crippen molar-refractivity contribution in [2.24, 2.45) is 10.9 Å². The Bertz CT molecular complexity index is 471. The van der Waals surface area contributed by atoms with Crippen molar-refractivity contribution in [1.82, 2.24) is 10.2 Å². The van der Waals surface area contributed by atoms with Gasteiger partial charge in [0.25, 0.3) is 0 Å². The Kier molecular flexibility index (Phi) is 7.06. The predicted octanol–water partition coefficient (Wildman–Crippen LogP) is 2.84. The van der Waals surface area contributed by atoms with E-state index in [0.29, 0.717) is 0 Å². The number of rotatable bonds is 8. The Balaban J connectivity index is 1.71. The number of guanidine groups is 1. The molecule has 2 rings (SSSR count). The lowest BCUT2D eigenvalue weighted by Gasteiger charge is -2.22. The summed E-state index contributed by atoms with van der Waals surface area (Å²) in [7, 11) is 3.88. The molecule has 22 heavy (non-hydrogen) atoms. The summed E-state index contributed by atoms with van der Waals surface area (Å²) in [5.74, 6) is 1.73. The molecule has 1 saturated carbocycles. The standard InChI is InChI=1S/C17H27N3OS/c1-18-17(19-10-11-21-13-15-4-5-15)20(2)12-14-6-8-16(22-3)9-7-14/h6-9,15H,4-5,10-13H2,1-3H3,(H,18,19). The Hall–Kier alpha value is -1.20. The number of hydrogen-bond acceptors (Lipinski definition) is 3. The van der Waals surface area contributed by atoms with Gasteiger partial charge in [-0.05, 0) is 42.7 Å². The van der Waals surface area contributed by atoms with Crippen LogP contribution in [0.25, 0.3) is 0 Å². The molecule has 0 saturated heterocycles. The maximum Gasteiger partial charge on any atom is 0.193 e. The molecule has 0 spiro atoms. The fraction of sp³-hybridized carbons (Fsp3) is 0.588. The Labute approximate surface area is 138 Å². The number of ether oxygens (including phenoxy) is 1. The van der Waals surface area contributed by atoms with E-state index < -0.39 is 0 Å². The zero-order chi connectivity index (χ0) is 15.8. The summed E-state index contributed by atoms with van der Waals surface area (Å²) < 4.78 is 5.64. The maximum atomic E-state index is 5.64. The summed E-state index contributed by atoms with van der Waals surface area (Å²) in [6.07, 6.45) is 4.78. The Morgan fingerprint density at radius 1 is 1.36 bits per heavy atom. The minimum atomic E-state index is 0.742. The average Bonchev–Trinajstić information content (AvgIpc) is 3.35. The molecule has 1 aromatic rings. The summed E-state index contributed by atoms with van der Waals surface area (Å²) in [4.78, 5) is 7.76. The normalized spacial score (nSPS) is 15.0. The van der Waals surface area contributed by atoms with Gasteiger partial charge in [0.15, 0.2) is 5.96 Å². The highest BCUT2D eigenvalue weighted by atomic mass is 32.2. The van der Waals surface area contributed by atoms with Gasteiger partial charge < -0.3 is 15.0 Å². The molecule has 0 bridgehead atoms. The molecule has 122 valence electrons. The second kappa shape index (κ2) is 9.06. The molecule has 0 radical (unpaired) electrons. The van der Waals surface area contributed by atoms with E-state index in [4.69, 9.17) is 4.74 Å². The van der Waals surface area contributed by atoms with Gasteiger partial charge in [0.1, 0.15) is 0 Å². The van der Waals surface area contributed by atoms with Gasteiger partial charge in [-0.3, -0.25) is 4.99 Å². The minimum Gasteiger partial charge on any atom is -0.379 e. The van der Waals surface area contributed by atoms with Gasteiger partial charge in [0, 0.05) is 38.7 Å². The maximum absolute atomic E-state index is 5.64. The molecule has 1 aliphatic carbocycles. The molecule has 4 nitrogen and oxygen atoms in total. The van der Waals surface area contributed by atoms with Crippen LogP contribution in [0.5, 0.6) is 0 Å². The first-order chi connectivity index (χ1) is 10.7. The van der Waals surface area contributed by atoms with Crippen LogP contribution in [-0.2, 0) is 11.3 Å². The summed E-state index contributed by atoms with van der Waals surface area (Å²) in [5, 5.41) is 3.35. The third-order valence-electron chi connectivity index (χ3n) is 3.73. The number of hydrogen-bond donors (Lipinski definition) is 1. The van der Waals surface area contributed by atoms with Crippen molar-refractivity contribution in [3.8, 4) is 0 Å². The van der Waals surface area contributed by atoms with Crippen molar-refractivity contribution in [2.45, 2.75) is 24.3 Å². The second-order valence-electron chi connectivity index (χ2n) is 5.70. The van der Waals surface area contributed by atoms with Crippen molar-refractivity contribution < 1.29 is 4.74 Å². The number of nitrogens with one attached hydrogen (secondary N) is 1. The Morgan fingerprint density at radius 3 is 2.68 bits per heavy atom. The zero-order valence-corrected chi connectivity index (χ0v) is 14.7. The molecule has 0 atom stereocenters. The van der Waals surface area contributed by atoms with E-state index in [1.807, 2.05) is 7.05 Å². The van der Waals surface area contributed by atoms with E-state index in [1.54, 1.807) is 11.8 Å². The van der Waals surface area contributed by atoms with E-state index >= 15 is 0 Å². The van der Waals surface area contributed by atoms with Gasteiger partial charge in [-0.2, -0.15) is 0 Å². The topological polar surface area (TPSA) is 36.9 Å². The van der Waals surface area contributed by atoms with Gasteiger partial charge in [-0.1, -0.05) is 12.1 Å². The summed E-state index contributed by atoms with van der Waals surface area (Å²) in [5.41, 5.74) is 1.29. The summed E-state index contributed by atoms with van der Waals surface area (Å²) in [6.45, 7) is 3.30. The molecule has 1 N–H and O–H groups in total. The van der Waals surface area contributed by atoms with Crippen LogP contribution in [0.15, 0.2) is 34.2 Å². The molecule has 5 heteroatoms. The van der Waals surface area contributed by atoms with Crippen molar-refractivity contribution in [3.63, 3.8) is 0 Å². The highest BCUT2D eigenvalue weighted by molar-refractivity contribution is 7.98. The highest BCUT2D eigenvalue weighted by Crippen LogP contribution is 2.28. The lowest BCUT2D eigenvalue weighted by atomic mass is 10.2. The molecule has 0 aliphatic heterocycles. The summed E-state index contributed by atoms with van der Waals surface area (Å²) >= 11 is 1.77. The number of thioether (sulfide) groups is 1. The zero-order valence-electron chi connectivity index (χ0n) is 13.8. The average molecular weight is 321 g/mol. The van der Waals surface area contributed by atoms with E-state index in [-0.39, 0.29) is 0 Å². The third-order valence-corrected chi connectivity index (χ3v) is 4.48. The molecule has 0 heterocycles. The predicted molar refractivity (Wildman–Crippen MR) is 94.6 cm³/mol. The van der Waals surface area contributed by atoms with Crippen LogP contribution < -0.4 is 5.32 Å². The monoisotopic (exact) mass is 321 g/mol. The Morgan fingerprint density at radius 2 is 2.09 bits per heavy atom. The van der Waals surface area contributed by atoms with Crippen LogP contribution in [0.3, 0.4) is 0 Å². The molecule has 0 unspecified atom stereocenters. The van der Waals surface area contributed by atoms with Crippen molar-refractivity contribution in [2.75, 3.05) is 40.1 Å². The SMILES string of the molecule is CN=C(NCCOCC1CC1)N(C)Cc1ccc(SC)cc1. The minimum absolute atomic E-state index is 0.742. The fourth-order valence-corrected chi connectivity index (χ4v) is 2.64. The number of benzene rings is 1. The molecular weight excluding hydrogens is 294 g/mol. The molecule has 1 fully saturated rings. The molecule has 1 aromatic carbocycles. The van der Waals surface area contributed by atoms with Crippen LogP contribution in [0.4, 0.5) is 0 Å². The van der Waals surface area contributed by atoms with Crippen LogP contribution in [-0.4, -0.2) is 51.0 Å². The second-order valence-corrected chi connectivity index (χ2v) is 6.58. The van der Waals surface area contributed by atoms with Crippen LogP contribution >= 0.6 is 11.8 Å². The third kappa shape index (κ3) is 5.89. The highest BCUT2D eigenvalue weighted by Gasteiger charge is 2.20. The van der Waals surface area contributed by atoms with E-state index in [0.717, 1.165) is 38.2 Å². The van der Waals surface area contributed by atoms with Crippen LogP contribution in [0, 0.1) is 5.92 Å². The van der Waals surface area contributed by atoms with E-state index in [2.05, 4.69) is 52.8 Å². The van der Waals surface area contributed by atoms with E-state index in [9.17, 15) is 0 Å². The quantitative estimate of drug-likeness (QED) is 0.346. The first-order valence-corrected chi connectivity index (χ1v) is 9.08. The van der Waals surface area contributed by atoms with Gasteiger partial charge in [0.2, 0.25) is 0 Å². The molecule has 0 aromatic heterocycles. The van der Waals surface area contributed by atoms with Crippen molar-refractivity contribution in [1.29, 1.82) is 0 Å². The molecular formula is C17H27N3OS. The van der Waals surface area contributed by atoms with Crippen molar-refractivity contribution >= 4 is 17.7 Å². The van der Waals surface area contributed by atoms with Crippen LogP contribution in [0.1, 0.15) is 18.4 Å². The first kappa shape index (κ1) is 17.2. The van der Waals surface area contributed by atoms with Gasteiger partial charge in [-0.15, -0.1) is 11.8 Å². The largest absolute Gasteiger partial charge is 0.379 e. The lowest BCUT2D eigenvalue weighted by Crippen LogP contribution is -2.40. The van der Waals surface area contributed by atoms with Crippen molar-refractivity contribution in [3.05, 3.63) is 29.8 Å². The van der Waals surface area contributed by atoms with Gasteiger partial charge >= 0.3 is 0 Å². The lowest BCUT2D eigenvalue weighted by molar-refractivity contribution is 0.128. The number of nitrogens with zero attached hydrogens (tertiary/aromatic N) is 2. The van der Waals surface area contributed by atoms with Crippen LogP contribution in [0.2, 0.25) is 0 Å². The fourth-order valence-electron chi connectivity index (χ4n) is 2.23. The van der Waals surface area contributed by atoms with Gasteiger partial charge in [-0.25, -0.2) is 0 Å². The van der Waals surface area contributed by atoms with Gasteiger partial charge in [0.05, 0.1) is 6.61 Å². The smallest absolute Gasteiger partial charge is 0.193 e. The van der Waals surface area contributed by atoms with E-state index in [1.165, 1.54) is 23.3 Å². The first-order valence-electron chi connectivity index (χ1n) is 7.85. The molecule has 1 aliphatic rings. The molecule has 0 amide bonds. The number of aliphatic imine (C=N–C) groups is 1. The summed E-state index contributed by atoms with van der Waals surface area (Å²) in [6, 6.07) is 8.67.